The number of ketones is 2. The van der Waals surface area contributed by atoms with Crippen LogP contribution in [-0.4, -0.2) is 39.1 Å². The molecule has 3 aliphatic carbocycles. The Morgan fingerprint density at radius 3 is 2.38 bits per heavy atom. The van der Waals surface area contributed by atoms with Crippen LogP contribution in [-0.2, 0) is 16.0 Å². The number of carbonyl (C=O) groups is 2. The van der Waals surface area contributed by atoms with E-state index in [1.54, 1.807) is 6.08 Å². The molecule has 206 valence electrons. The van der Waals surface area contributed by atoms with Crippen LogP contribution in [0.15, 0.2) is 41.0 Å². The predicted molar refractivity (Wildman–Crippen MR) is 149 cm³/mol. The molecule has 0 unspecified atom stereocenters. The lowest BCUT2D eigenvalue weighted by Gasteiger charge is -2.56. The van der Waals surface area contributed by atoms with Gasteiger partial charge in [0.05, 0.1) is 11.2 Å². The van der Waals surface area contributed by atoms with Gasteiger partial charge >= 0.3 is 0 Å². The molecule has 0 radical (unpaired) electrons. The first-order valence-corrected chi connectivity index (χ1v) is 13.9. The van der Waals surface area contributed by atoms with Crippen molar-refractivity contribution in [3.05, 3.63) is 57.7 Å². The van der Waals surface area contributed by atoms with Gasteiger partial charge in [-0.05, 0) is 80.4 Å². The average molecular weight is 531 g/mol. The van der Waals surface area contributed by atoms with Gasteiger partial charge in [0.25, 0.3) is 0 Å². The molecule has 3 heterocycles. The molecule has 1 saturated carbocycles. The molecule has 3 aliphatic heterocycles. The van der Waals surface area contributed by atoms with Gasteiger partial charge in [0.15, 0.2) is 22.8 Å². The molecule has 4 atom stereocenters. The van der Waals surface area contributed by atoms with Crippen LogP contribution in [0.1, 0.15) is 89.7 Å². The summed E-state index contributed by atoms with van der Waals surface area (Å²) in [6, 6.07) is 0. The molecule has 7 rings (SSSR count). The summed E-state index contributed by atoms with van der Waals surface area (Å²) in [5, 5.41) is 11.5. The molecule has 6 heteroatoms. The second-order valence-corrected chi connectivity index (χ2v) is 13.3. The summed E-state index contributed by atoms with van der Waals surface area (Å²) in [4.78, 5) is 28.6. The van der Waals surface area contributed by atoms with Gasteiger partial charge < -0.3 is 19.3 Å². The molecule has 1 saturated heterocycles. The van der Waals surface area contributed by atoms with Crippen LogP contribution in [0.4, 0.5) is 0 Å². The summed E-state index contributed by atoms with van der Waals surface area (Å²) in [7, 11) is 0. The van der Waals surface area contributed by atoms with Gasteiger partial charge in [-0.3, -0.25) is 9.59 Å². The minimum Gasteiger partial charge on any atom is -0.506 e. The molecule has 0 amide bonds. The summed E-state index contributed by atoms with van der Waals surface area (Å²) < 4.78 is 20.3. The van der Waals surface area contributed by atoms with E-state index in [4.69, 9.17) is 14.2 Å². The van der Waals surface area contributed by atoms with Crippen molar-refractivity contribution in [3.63, 3.8) is 0 Å². The molecule has 39 heavy (non-hydrogen) atoms. The number of benzene rings is 1. The fourth-order valence-corrected chi connectivity index (χ4v) is 7.41. The van der Waals surface area contributed by atoms with Crippen LogP contribution < -0.4 is 9.47 Å². The Balaban J connectivity index is 1.67. The van der Waals surface area contributed by atoms with Crippen molar-refractivity contribution in [2.45, 2.75) is 97.1 Å². The second kappa shape index (κ2) is 7.97. The summed E-state index contributed by atoms with van der Waals surface area (Å²) in [6.07, 6.45) is 10.9. The van der Waals surface area contributed by atoms with Gasteiger partial charge in [0, 0.05) is 29.4 Å². The van der Waals surface area contributed by atoms with Crippen molar-refractivity contribution in [1.82, 2.24) is 0 Å². The molecule has 1 N–H and O–H groups in total. The lowest BCUT2D eigenvalue weighted by molar-refractivity contribution is -0.171. The van der Waals surface area contributed by atoms with Crippen LogP contribution in [0.2, 0.25) is 0 Å². The van der Waals surface area contributed by atoms with E-state index in [1.807, 2.05) is 73.6 Å². The highest BCUT2D eigenvalue weighted by atomic mass is 16.6. The first-order chi connectivity index (χ1) is 18.1. The SMILES string of the molecule is CC(C)=CCc1c2c(c(O)c3c1O[C@]14C(=C[C@@H]5C[C@H]1C(C)(C)O[C@]4(CC=C(C)C)C5=O)C3=O)C=CC(C)(C)O2. The van der Waals surface area contributed by atoms with E-state index in [0.717, 1.165) is 11.1 Å². The third-order valence-corrected chi connectivity index (χ3v) is 9.13. The van der Waals surface area contributed by atoms with E-state index in [1.165, 1.54) is 0 Å². The number of Topliss-reactive ketones (excluding diaryl/α,β-unsaturated/α-hetero) is 2. The van der Waals surface area contributed by atoms with E-state index < -0.39 is 28.3 Å². The molecule has 2 fully saturated rings. The van der Waals surface area contributed by atoms with E-state index >= 15 is 0 Å². The summed E-state index contributed by atoms with van der Waals surface area (Å²) in [5.74, 6) is -0.308. The van der Waals surface area contributed by atoms with Crippen molar-refractivity contribution in [2.75, 3.05) is 0 Å². The van der Waals surface area contributed by atoms with Gasteiger partial charge in [0.2, 0.25) is 0 Å². The molecular formula is C33H38O6. The largest absolute Gasteiger partial charge is 0.506 e. The zero-order valence-electron chi connectivity index (χ0n) is 24.2. The Hall–Kier alpha value is -3.12. The van der Waals surface area contributed by atoms with E-state index in [0.29, 0.717) is 47.5 Å². The summed E-state index contributed by atoms with van der Waals surface area (Å²) in [5.41, 5.74) is -0.00322. The number of allylic oxidation sites excluding steroid dienone is 4. The maximum absolute atomic E-state index is 14.5. The molecule has 0 aromatic heterocycles. The number of phenols is 1. The summed E-state index contributed by atoms with van der Waals surface area (Å²) in [6.45, 7) is 15.9. The molecular weight excluding hydrogens is 492 g/mol. The van der Waals surface area contributed by atoms with Crippen molar-refractivity contribution < 1.29 is 28.9 Å². The summed E-state index contributed by atoms with van der Waals surface area (Å²) >= 11 is 0. The highest BCUT2D eigenvalue weighted by Gasteiger charge is 2.81. The smallest absolute Gasteiger partial charge is 0.200 e. The zero-order chi connectivity index (χ0) is 28.3. The minimum absolute atomic E-state index is 0.0322. The van der Waals surface area contributed by atoms with Gasteiger partial charge in [-0.2, -0.15) is 0 Å². The van der Waals surface area contributed by atoms with E-state index in [9.17, 15) is 14.7 Å². The highest BCUT2D eigenvalue weighted by Crippen LogP contribution is 2.68. The number of hydrogen-bond donors (Lipinski definition) is 1. The van der Waals surface area contributed by atoms with Crippen LogP contribution >= 0.6 is 0 Å². The van der Waals surface area contributed by atoms with Crippen molar-refractivity contribution in [3.8, 4) is 17.2 Å². The Kier molecular flexibility index (Phi) is 5.34. The van der Waals surface area contributed by atoms with E-state index in [-0.39, 0.29) is 28.8 Å². The Morgan fingerprint density at radius 1 is 1.03 bits per heavy atom. The molecule has 1 aromatic carbocycles. The van der Waals surface area contributed by atoms with Gasteiger partial charge in [-0.25, -0.2) is 0 Å². The van der Waals surface area contributed by atoms with Gasteiger partial charge in [-0.15, -0.1) is 0 Å². The predicted octanol–water partition coefficient (Wildman–Crippen LogP) is 6.45. The van der Waals surface area contributed by atoms with Gasteiger partial charge in [-0.1, -0.05) is 29.4 Å². The third-order valence-electron chi connectivity index (χ3n) is 9.13. The maximum atomic E-state index is 14.5. The molecule has 4 bridgehead atoms. The number of phenolic OH excluding ortho intramolecular Hbond substituents is 1. The minimum atomic E-state index is -1.34. The molecule has 6 nitrogen and oxygen atoms in total. The first kappa shape index (κ1) is 26.1. The maximum Gasteiger partial charge on any atom is 0.200 e. The topological polar surface area (TPSA) is 82.1 Å². The Morgan fingerprint density at radius 2 is 1.72 bits per heavy atom. The molecule has 1 aromatic rings. The van der Waals surface area contributed by atoms with Crippen molar-refractivity contribution >= 4 is 17.6 Å². The van der Waals surface area contributed by atoms with E-state index in [2.05, 4.69) is 6.08 Å². The number of hydrogen-bond acceptors (Lipinski definition) is 6. The fourth-order valence-electron chi connectivity index (χ4n) is 7.41. The van der Waals surface area contributed by atoms with Crippen LogP contribution in [0.25, 0.3) is 6.08 Å². The second-order valence-electron chi connectivity index (χ2n) is 13.3. The number of fused-ring (bicyclic) bond motifs is 2. The highest BCUT2D eigenvalue weighted by molar-refractivity contribution is 6.19. The number of carbonyl (C=O) groups excluding carboxylic acids is 2. The molecule has 1 spiro atoms. The fraction of sp³-hybridized carbons (Fsp3) is 0.515. The lowest BCUT2D eigenvalue weighted by atomic mass is 9.51. The number of ether oxygens (including phenoxy) is 3. The monoisotopic (exact) mass is 530 g/mol. The normalized spacial score (nSPS) is 31.8. The third kappa shape index (κ3) is 3.30. The van der Waals surface area contributed by atoms with Gasteiger partial charge in [0.1, 0.15) is 28.4 Å². The van der Waals surface area contributed by atoms with Crippen LogP contribution in [0.3, 0.4) is 0 Å². The quantitative estimate of drug-likeness (QED) is 0.451. The van der Waals surface area contributed by atoms with Crippen molar-refractivity contribution in [2.24, 2.45) is 11.8 Å². The van der Waals surface area contributed by atoms with Crippen LogP contribution in [0.5, 0.6) is 17.2 Å². The van der Waals surface area contributed by atoms with Crippen molar-refractivity contribution in [1.29, 1.82) is 0 Å². The standard InChI is InChI=1S/C33H38O6/c1-17(2)9-10-21-27-20(12-13-30(5,6)37-27)25(34)24-26(35)22-15-19-16-23-31(7,8)39-32(29(19)36,14-11-18(3)4)33(22,23)38-28(21)24/h9,11-13,15,19,23,34H,10,14,16H2,1-8H3/t19-,23+,32-,33-/m1/s1. The Labute approximate surface area is 230 Å². The first-order valence-electron chi connectivity index (χ1n) is 13.9. The van der Waals surface area contributed by atoms with Crippen LogP contribution in [0, 0.1) is 11.8 Å². The molecule has 6 aliphatic rings. The number of rotatable bonds is 4. The average Bonchev–Trinajstić information content (AvgIpc) is 2.99. The Bertz CT molecular complexity index is 1460. The lowest BCUT2D eigenvalue weighted by Crippen LogP contribution is -2.72. The zero-order valence-corrected chi connectivity index (χ0v) is 24.2. The number of aromatic hydroxyl groups is 1.